The summed E-state index contributed by atoms with van der Waals surface area (Å²) in [5.74, 6) is 0. The zero-order valence-electron chi connectivity index (χ0n) is 12.5. The van der Waals surface area contributed by atoms with Crippen molar-refractivity contribution in [2.45, 2.75) is 19.1 Å². The molecule has 4 nitrogen and oxygen atoms in total. The molecule has 4 rings (SSSR count). The van der Waals surface area contributed by atoms with Crippen molar-refractivity contribution in [1.82, 2.24) is 4.98 Å². The van der Waals surface area contributed by atoms with Crippen molar-refractivity contribution in [3.63, 3.8) is 0 Å². The summed E-state index contributed by atoms with van der Waals surface area (Å²) >= 11 is 0. The third kappa shape index (κ3) is 1.95. The maximum absolute atomic E-state index is 10.1. The van der Waals surface area contributed by atoms with Gasteiger partial charge in [0.25, 0.3) is 0 Å². The molecule has 22 heavy (non-hydrogen) atoms. The lowest BCUT2D eigenvalue weighted by Crippen LogP contribution is -2.17. The summed E-state index contributed by atoms with van der Waals surface area (Å²) in [5, 5.41) is 10.1. The highest BCUT2D eigenvalue weighted by molar-refractivity contribution is 5.75. The Morgan fingerprint density at radius 2 is 2.23 bits per heavy atom. The molecule has 2 aliphatic heterocycles. The monoisotopic (exact) mass is 294 g/mol. The molecule has 1 aromatic heterocycles. The number of hydrogen-bond acceptors (Lipinski definition) is 4. The topological polar surface area (TPSA) is 45.6 Å². The Hall–Kier alpha value is -2.17. The Balaban J connectivity index is 1.83. The third-order valence-electron chi connectivity index (χ3n) is 4.59. The molecule has 0 spiro atoms. The number of ether oxygens (including phenoxy) is 1. The van der Waals surface area contributed by atoms with Crippen LogP contribution in [-0.2, 0) is 17.8 Å². The van der Waals surface area contributed by atoms with Crippen LogP contribution in [0.5, 0.6) is 0 Å². The molecule has 1 N–H and O–H groups in total. The van der Waals surface area contributed by atoms with Gasteiger partial charge in [-0.15, -0.1) is 0 Å². The molecular formula is C18H18N2O2. The minimum atomic E-state index is -0.587. The molecule has 0 aliphatic carbocycles. The van der Waals surface area contributed by atoms with E-state index < -0.39 is 6.10 Å². The standard InChI is InChI=1S/C18H18N2O2/c1-11-5-13-6-12(3-4-17(13)20(11)2)14-7-19-8-15-16(14)9-22-10-18(15)21/h3-4,6-8,18,21H,1,5,9-10H2,2H3. The Kier molecular flexibility index (Phi) is 3.03. The minimum absolute atomic E-state index is 0.340. The summed E-state index contributed by atoms with van der Waals surface area (Å²) in [6, 6.07) is 6.43. The smallest absolute Gasteiger partial charge is 0.104 e. The van der Waals surface area contributed by atoms with Gasteiger partial charge < -0.3 is 14.7 Å². The second-order valence-corrected chi connectivity index (χ2v) is 5.93. The lowest BCUT2D eigenvalue weighted by Gasteiger charge is -2.23. The van der Waals surface area contributed by atoms with Crippen molar-refractivity contribution in [3.8, 4) is 11.1 Å². The first-order chi connectivity index (χ1) is 10.6. The van der Waals surface area contributed by atoms with Gasteiger partial charge in [-0.3, -0.25) is 4.98 Å². The van der Waals surface area contributed by atoms with Crippen LogP contribution >= 0.6 is 0 Å². The average molecular weight is 294 g/mol. The highest BCUT2D eigenvalue weighted by atomic mass is 16.5. The molecule has 0 fully saturated rings. The molecule has 2 aromatic rings. The van der Waals surface area contributed by atoms with Crippen molar-refractivity contribution in [2.24, 2.45) is 0 Å². The molecule has 0 bridgehead atoms. The Morgan fingerprint density at radius 3 is 3.09 bits per heavy atom. The molecule has 0 amide bonds. The van der Waals surface area contributed by atoms with Crippen molar-refractivity contribution < 1.29 is 9.84 Å². The van der Waals surface area contributed by atoms with E-state index in [0.29, 0.717) is 13.2 Å². The number of allylic oxidation sites excluding steroid dienone is 1. The normalized spacial score (nSPS) is 20.0. The van der Waals surface area contributed by atoms with Crippen LogP contribution in [0.1, 0.15) is 22.8 Å². The molecule has 3 heterocycles. The minimum Gasteiger partial charge on any atom is -0.386 e. The summed E-state index contributed by atoms with van der Waals surface area (Å²) in [7, 11) is 2.05. The summed E-state index contributed by atoms with van der Waals surface area (Å²) < 4.78 is 5.50. The SMILES string of the molecule is C=C1Cc2cc(-c3cncc4c3COCC4O)ccc2N1C. The number of pyridine rings is 1. The first kappa shape index (κ1) is 13.5. The summed E-state index contributed by atoms with van der Waals surface area (Å²) in [4.78, 5) is 6.43. The summed E-state index contributed by atoms with van der Waals surface area (Å²) in [6.45, 7) is 4.95. The highest BCUT2D eigenvalue weighted by Gasteiger charge is 2.24. The Morgan fingerprint density at radius 1 is 1.36 bits per heavy atom. The van der Waals surface area contributed by atoms with Crippen molar-refractivity contribution in [1.29, 1.82) is 0 Å². The van der Waals surface area contributed by atoms with E-state index in [0.717, 1.165) is 34.4 Å². The van der Waals surface area contributed by atoms with Crippen LogP contribution in [0.15, 0.2) is 42.9 Å². The number of aliphatic hydroxyl groups excluding tert-OH is 1. The predicted octanol–water partition coefficient (Wildman–Crippen LogP) is 2.82. The zero-order valence-corrected chi connectivity index (χ0v) is 12.5. The lowest BCUT2D eigenvalue weighted by molar-refractivity contribution is 0.00981. The second kappa shape index (κ2) is 4.93. The average Bonchev–Trinajstić information content (AvgIpc) is 2.81. The molecule has 2 aliphatic rings. The third-order valence-corrected chi connectivity index (χ3v) is 4.59. The van der Waals surface area contributed by atoms with E-state index in [1.807, 2.05) is 13.2 Å². The molecule has 112 valence electrons. The van der Waals surface area contributed by atoms with Crippen molar-refractivity contribution >= 4 is 5.69 Å². The summed E-state index contributed by atoms with van der Waals surface area (Å²) in [5.41, 5.74) is 7.68. The van der Waals surface area contributed by atoms with Crippen LogP contribution < -0.4 is 4.90 Å². The first-order valence-electron chi connectivity index (χ1n) is 7.42. The van der Waals surface area contributed by atoms with Gasteiger partial charge in [0, 0.05) is 48.4 Å². The van der Waals surface area contributed by atoms with Gasteiger partial charge in [-0.1, -0.05) is 12.6 Å². The van der Waals surface area contributed by atoms with E-state index in [9.17, 15) is 5.11 Å². The van der Waals surface area contributed by atoms with Crippen LogP contribution in [0, 0.1) is 0 Å². The van der Waals surface area contributed by atoms with E-state index in [2.05, 4.69) is 34.7 Å². The summed E-state index contributed by atoms with van der Waals surface area (Å²) in [6.07, 6.45) is 3.89. The lowest BCUT2D eigenvalue weighted by atomic mass is 9.93. The molecule has 1 atom stereocenters. The number of likely N-dealkylation sites (N-methyl/N-ethyl adjacent to an activating group) is 1. The van der Waals surface area contributed by atoms with E-state index in [1.165, 1.54) is 11.3 Å². The van der Waals surface area contributed by atoms with Crippen LogP contribution in [0.2, 0.25) is 0 Å². The number of anilines is 1. The number of benzene rings is 1. The van der Waals surface area contributed by atoms with Crippen molar-refractivity contribution in [3.05, 3.63) is 59.6 Å². The number of hydrogen-bond donors (Lipinski definition) is 1. The maximum Gasteiger partial charge on any atom is 0.104 e. The maximum atomic E-state index is 10.1. The molecule has 0 saturated carbocycles. The quantitative estimate of drug-likeness (QED) is 0.878. The van der Waals surface area contributed by atoms with Gasteiger partial charge in [-0.25, -0.2) is 0 Å². The molecular weight excluding hydrogens is 276 g/mol. The Labute approximate surface area is 129 Å². The van der Waals surface area contributed by atoms with Crippen molar-refractivity contribution in [2.75, 3.05) is 18.6 Å². The van der Waals surface area contributed by atoms with E-state index in [1.54, 1.807) is 6.20 Å². The largest absolute Gasteiger partial charge is 0.386 e. The number of rotatable bonds is 1. The number of aliphatic hydroxyl groups is 1. The van der Waals surface area contributed by atoms with E-state index in [4.69, 9.17) is 4.74 Å². The van der Waals surface area contributed by atoms with Crippen LogP contribution in [0.25, 0.3) is 11.1 Å². The van der Waals surface area contributed by atoms with E-state index >= 15 is 0 Å². The second-order valence-electron chi connectivity index (χ2n) is 5.93. The Bertz CT molecular complexity index is 770. The number of fused-ring (bicyclic) bond motifs is 2. The number of aromatic nitrogens is 1. The highest BCUT2D eigenvalue weighted by Crippen LogP contribution is 2.38. The fraction of sp³-hybridized carbons (Fsp3) is 0.278. The van der Waals surface area contributed by atoms with Gasteiger partial charge in [-0.2, -0.15) is 0 Å². The van der Waals surface area contributed by atoms with Gasteiger partial charge in [-0.05, 0) is 28.8 Å². The van der Waals surface area contributed by atoms with E-state index in [-0.39, 0.29) is 0 Å². The molecule has 0 radical (unpaired) electrons. The van der Waals surface area contributed by atoms with Gasteiger partial charge in [0.1, 0.15) is 6.10 Å². The van der Waals surface area contributed by atoms with Crippen LogP contribution in [-0.4, -0.2) is 23.7 Å². The predicted molar refractivity (Wildman–Crippen MR) is 85.5 cm³/mol. The van der Waals surface area contributed by atoms with Gasteiger partial charge in [0.05, 0.1) is 13.2 Å². The van der Waals surface area contributed by atoms with Gasteiger partial charge in [0.2, 0.25) is 0 Å². The zero-order chi connectivity index (χ0) is 15.3. The molecule has 1 aromatic carbocycles. The fourth-order valence-corrected chi connectivity index (χ4v) is 3.29. The molecule has 1 unspecified atom stereocenters. The van der Waals surface area contributed by atoms with Gasteiger partial charge in [0.15, 0.2) is 0 Å². The fourth-order valence-electron chi connectivity index (χ4n) is 3.29. The number of nitrogens with zero attached hydrogens (tertiary/aromatic N) is 2. The van der Waals surface area contributed by atoms with Crippen LogP contribution in [0.4, 0.5) is 5.69 Å². The molecule has 4 heteroatoms. The first-order valence-corrected chi connectivity index (χ1v) is 7.42. The van der Waals surface area contributed by atoms with Gasteiger partial charge >= 0.3 is 0 Å². The molecule has 0 saturated heterocycles. The van der Waals surface area contributed by atoms with Crippen LogP contribution in [0.3, 0.4) is 0 Å².